The third-order valence-electron chi connectivity index (χ3n) is 4.16. The molecule has 0 aliphatic carbocycles. The minimum Gasteiger partial charge on any atom is -0.334 e. The van der Waals surface area contributed by atoms with Crippen LogP contribution in [-0.2, 0) is 0 Å². The van der Waals surface area contributed by atoms with E-state index < -0.39 is 23.1 Å². The molecule has 0 spiro atoms. The molecule has 1 aliphatic heterocycles. The smallest absolute Gasteiger partial charge is 0.260 e. The van der Waals surface area contributed by atoms with Crippen LogP contribution in [0.3, 0.4) is 0 Å². The molecule has 0 bridgehead atoms. The molecular formula is C15H19BrF2N2O. The molecule has 1 heterocycles. The highest BCUT2D eigenvalue weighted by Gasteiger charge is 2.33. The van der Waals surface area contributed by atoms with E-state index in [0.29, 0.717) is 19.0 Å². The molecule has 21 heavy (non-hydrogen) atoms. The lowest BCUT2D eigenvalue weighted by Crippen LogP contribution is -2.50. The Morgan fingerprint density at radius 1 is 1.43 bits per heavy atom. The van der Waals surface area contributed by atoms with Gasteiger partial charge in [-0.1, -0.05) is 29.3 Å². The summed E-state index contributed by atoms with van der Waals surface area (Å²) in [7, 11) is 0. The van der Waals surface area contributed by atoms with Gasteiger partial charge >= 0.3 is 0 Å². The minimum absolute atomic E-state index is 0.154. The van der Waals surface area contributed by atoms with Gasteiger partial charge in [0.05, 0.1) is 0 Å². The predicted molar refractivity (Wildman–Crippen MR) is 81.0 cm³/mol. The van der Waals surface area contributed by atoms with Gasteiger partial charge in [-0.3, -0.25) is 4.79 Å². The maximum absolute atomic E-state index is 13.9. The van der Waals surface area contributed by atoms with Crippen molar-refractivity contribution in [3.05, 3.63) is 33.8 Å². The van der Waals surface area contributed by atoms with E-state index in [2.05, 4.69) is 22.9 Å². The van der Waals surface area contributed by atoms with Gasteiger partial charge in [0, 0.05) is 23.6 Å². The van der Waals surface area contributed by atoms with Crippen molar-refractivity contribution in [3.8, 4) is 0 Å². The summed E-state index contributed by atoms with van der Waals surface area (Å²) in [5, 5.41) is 0. The zero-order valence-electron chi connectivity index (χ0n) is 11.9. The number of piperidine rings is 1. The number of nitrogens with two attached hydrogens (primary N) is 1. The van der Waals surface area contributed by atoms with Crippen molar-refractivity contribution in [1.29, 1.82) is 0 Å². The number of carbonyl (C=O) groups excluding carboxylic acids is 1. The van der Waals surface area contributed by atoms with Crippen LogP contribution in [0, 0.1) is 17.6 Å². The van der Waals surface area contributed by atoms with Crippen molar-refractivity contribution in [1.82, 2.24) is 4.90 Å². The summed E-state index contributed by atoms with van der Waals surface area (Å²) >= 11 is 3.01. The summed E-state index contributed by atoms with van der Waals surface area (Å²) in [4.78, 5) is 14.0. The molecule has 2 N–H and O–H groups in total. The van der Waals surface area contributed by atoms with Crippen molar-refractivity contribution < 1.29 is 13.6 Å². The molecule has 0 radical (unpaired) electrons. The largest absolute Gasteiger partial charge is 0.334 e. The maximum Gasteiger partial charge on any atom is 0.260 e. The first kappa shape index (κ1) is 16.4. The number of nitrogens with zero attached hydrogens (tertiary/aromatic N) is 1. The summed E-state index contributed by atoms with van der Waals surface area (Å²) in [5.74, 6) is -1.79. The standard InChI is InChI=1S/C15H19BrF2N2O/c1-2-9-3-4-20(11(5-9)8-19)15(21)14-12(17)6-10(16)7-13(14)18/h6-7,9,11H,2-5,8,19H2,1H3. The highest BCUT2D eigenvalue weighted by Crippen LogP contribution is 2.28. The highest BCUT2D eigenvalue weighted by atomic mass is 79.9. The van der Waals surface area contributed by atoms with Crippen LogP contribution in [0.5, 0.6) is 0 Å². The Morgan fingerprint density at radius 2 is 2.05 bits per heavy atom. The van der Waals surface area contributed by atoms with E-state index in [1.807, 2.05) is 0 Å². The first-order valence-electron chi connectivity index (χ1n) is 7.13. The fourth-order valence-corrected chi connectivity index (χ4v) is 3.29. The van der Waals surface area contributed by atoms with Gasteiger partial charge in [-0.15, -0.1) is 0 Å². The monoisotopic (exact) mass is 360 g/mol. The normalized spacial score (nSPS) is 22.4. The Hall–Kier alpha value is -1.01. The fraction of sp³-hybridized carbons (Fsp3) is 0.533. The molecule has 0 saturated carbocycles. The third-order valence-corrected chi connectivity index (χ3v) is 4.61. The van der Waals surface area contributed by atoms with Crippen LogP contribution >= 0.6 is 15.9 Å². The first-order chi connectivity index (χ1) is 9.97. The highest BCUT2D eigenvalue weighted by molar-refractivity contribution is 9.10. The summed E-state index contributed by atoms with van der Waals surface area (Å²) in [6, 6.07) is 2.05. The van der Waals surface area contributed by atoms with Crippen molar-refractivity contribution in [2.45, 2.75) is 32.2 Å². The average Bonchev–Trinajstić information content (AvgIpc) is 2.45. The van der Waals surface area contributed by atoms with Crippen LogP contribution in [-0.4, -0.2) is 29.9 Å². The molecule has 1 fully saturated rings. The number of hydrogen-bond acceptors (Lipinski definition) is 2. The second kappa shape index (κ2) is 6.83. The van der Waals surface area contributed by atoms with E-state index in [9.17, 15) is 13.6 Å². The lowest BCUT2D eigenvalue weighted by Gasteiger charge is -2.39. The molecule has 0 aromatic heterocycles. The van der Waals surface area contributed by atoms with Crippen molar-refractivity contribution >= 4 is 21.8 Å². The third kappa shape index (κ3) is 3.43. The van der Waals surface area contributed by atoms with Crippen LogP contribution in [0.1, 0.15) is 36.5 Å². The number of hydrogen-bond donors (Lipinski definition) is 1. The molecule has 1 aromatic rings. The summed E-state index contributed by atoms with van der Waals surface area (Å²) in [6.45, 7) is 2.90. The zero-order chi connectivity index (χ0) is 15.6. The van der Waals surface area contributed by atoms with Gasteiger partial charge < -0.3 is 10.6 Å². The summed E-state index contributed by atoms with van der Waals surface area (Å²) < 4.78 is 28.2. The molecule has 2 rings (SSSR count). The van der Waals surface area contributed by atoms with E-state index in [4.69, 9.17) is 5.73 Å². The molecule has 1 aromatic carbocycles. The van der Waals surface area contributed by atoms with E-state index in [1.165, 1.54) is 4.90 Å². The molecule has 116 valence electrons. The van der Waals surface area contributed by atoms with Gasteiger partial charge in [-0.05, 0) is 30.9 Å². The molecule has 6 heteroatoms. The van der Waals surface area contributed by atoms with Gasteiger partial charge in [0.15, 0.2) is 0 Å². The second-order valence-corrected chi connectivity index (χ2v) is 6.35. The number of benzene rings is 1. The number of carbonyl (C=O) groups is 1. The molecule has 1 saturated heterocycles. The van der Waals surface area contributed by atoms with Crippen LogP contribution in [0.4, 0.5) is 8.78 Å². The molecule has 2 unspecified atom stereocenters. The Bertz CT molecular complexity index is 515. The fourth-order valence-electron chi connectivity index (χ4n) is 2.89. The molecule has 1 aliphatic rings. The number of rotatable bonds is 3. The Balaban J connectivity index is 2.27. The number of halogens is 3. The molecule has 1 amide bonds. The summed E-state index contributed by atoms with van der Waals surface area (Å²) in [6.07, 6.45) is 2.66. The summed E-state index contributed by atoms with van der Waals surface area (Å²) in [5.41, 5.74) is 5.24. The van der Waals surface area contributed by atoms with Gasteiger partial charge in [0.1, 0.15) is 17.2 Å². The van der Waals surface area contributed by atoms with E-state index in [0.717, 1.165) is 31.4 Å². The topological polar surface area (TPSA) is 46.3 Å². The van der Waals surface area contributed by atoms with Crippen LogP contribution < -0.4 is 5.73 Å². The molecule has 2 atom stereocenters. The Labute approximate surface area is 131 Å². The van der Waals surface area contributed by atoms with Crippen LogP contribution in [0.25, 0.3) is 0 Å². The average molecular weight is 361 g/mol. The molecule has 3 nitrogen and oxygen atoms in total. The molecular weight excluding hydrogens is 342 g/mol. The SMILES string of the molecule is CCC1CCN(C(=O)c2c(F)cc(Br)cc2F)C(CN)C1. The van der Waals surface area contributed by atoms with Crippen LogP contribution in [0.15, 0.2) is 16.6 Å². The van der Waals surface area contributed by atoms with E-state index in [-0.39, 0.29) is 10.5 Å². The second-order valence-electron chi connectivity index (χ2n) is 5.43. The quantitative estimate of drug-likeness (QED) is 0.898. The number of amides is 1. The van der Waals surface area contributed by atoms with Crippen LogP contribution in [0.2, 0.25) is 0 Å². The lowest BCUT2D eigenvalue weighted by atomic mass is 9.88. The van der Waals surface area contributed by atoms with E-state index >= 15 is 0 Å². The van der Waals surface area contributed by atoms with Gasteiger partial charge in [-0.2, -0.15) is 0 Å². The minimum atomic E-state index is -0.847. The number of likely N-dealkylation sites (tertiary alicyclic amines) is 1. The zero-order valence-corrected chi connectivity index (χ0v) is 13.5. The van der Waals surface area contributed by atoms with E-state index in [1.54, 1.807) is 0 Å². The first-order valence-corrected chi connectivity index (χ1v) is 7.92. The van der Waals surface area contributed by atoms with Gasteiger partial charge in [0.2, 0.25) is 0 Å². The lowest BCUT2D eigenvalue weighted by molar-refractivity contribution is 0.0549. The van der Waals surface area contributed by atoms with Gasteiger partial charge in [0.25, 0.3) is 5.91 Å². The Morgan fingerprint density at radius 3 is 2.57 bits per heavy atom. The van der Waals surface area contributed by atoms with Crippen molar-refractivity contribution in [2.75, 3.05) is 13.1 Å². The van der Waals surface area contributed by atoms with Crippen molar-refractivity contribution in [3.63, 3.8) is 0 Å². The maximum atomic E-state index is 13.9. The predicted octanol–water partition coefficient (Wildman–Crippen LogP) is 3.32. The Kier molecular flexibility index (Phi) is 5.32. The van der Waals surface area contributed by atoms with Crippen molar-refractivity contribution in [2.24, 2.45) is 11.7 Å². The van der Waals surface area contributed by atoms with Gasteiger partial charge in [-0.25, -0.2) is 8.78 Å².